The van der Waals surface area contributed by atoms with Crippen molar-refractivity contribution in [3.63, 3.8) is 0 Å². The lowest BCUT2D eigenvalue weighted by atomic mass is 9.88. The third-order valence-electron chi connectivity index (χ3n) is 6.37. The Hall–Kier alpha value is -2.82. The van der Waals surface area contributed by atoms with Crippen LogP contribution in [0.15, 0.2) is 42.7 Å². The van der Waals surface area contributed by atoms with Crippen molar-refractivity contribution in [1.82, 2.24) is 10.3 Å². The SMILES string of the molecule is OCCC(CO)c1cc(F)c(CN[C@H]2C[C@H](Oc3ccc(F)c(C(F)(F)F)c3)C2)c2ccncc12. The number of rotatable bonds is 9. The van der Waals surface area contributed by atoms with E-state index < -0.39 is 29.3 Å². The van der Waals surface area contributed by atoms with Gasteiger partial charge in [0, 0.05) is 48.5 Å². The fraction of sp³-hybridized carbons (Fsp3) is 0.400. The van der Waals surface area contributed by atoms with E-state index in [4.69, 9.17) is 4.74 Å². The molecule has 0 spiro atoms. The molecule has 1 aliphatic carbocycles. The van der Waals surface area contributed by atoms with Gasteiger partial charge in [-0.05, 0) is 60.5 Å². The minimum absolute atomic E-state index is 0.0296. The van der Waals surface area contributed by atoms with Gasteiger partial charge in [0.25, 0.3) is 0 Å². The Morgan fingerprint density at radius 2 is 1.83 bits per heavy atom. The maximum atomic E-state index is 15.1. The van der Waals surface area contributed by atoms with E-state index in [0.717, 1.165) is 6.07 Å². The van der Waals surface area contributed by atoms with Gasteiger partial charge in [-0.15, -0.1) is 0 Å². The summed E-state index contributed by atoms with van der Waals surface area (Å²) in [5, 5.41) is 23.6. The number of aromatic nitrogens is 1. The fourth-order valence-corrected chi connectivity index (χ4v) is 4.40. The third kappa shape index (κ3) is 5.55. The lowest BCUT2D eigenvalue weighted by Crippen LogP contribution is -2.46. The highest BCUT2D eigenvalue weighted by Gasteiger charge is 2.36. The monoisotopic (exact) mass is 496 g/mol. The molecule has 4 rings (SSSR count). The first-order valence-corrected chi connectivity index (χ1v) is 11.2. The highest BCUT2D eigenvalue weighted by atomic mass is 19.4. The van der Waals surface area contributed by atoms with E-state index >= 15 is 4.39 Å². The van der Waals surface area contributed by atoms with Crippen molar-refractivity contribution >= 4 is 10.8 Å². The summed E-state index contributed by atoms with van der Waals surface area (Å²) < 4.78 is 72.8. The highest BCUT2D eigenvalue weighted by Crippen LogP contribution is 2.36. The van der Waals surface area contributed by atoms with Crippen molar-refractivity contribution in [2.24, 2.45) is 0 Å². The van der Waals surface area contributed by atoms with Crippen LogP contribution in [-0.2, 0) is 12.7 Å². The van der Waals surface area contributed by atoms with E-state index in [1.807, 2.05) is 0 Å². The predicted octanol–water partition coefficient (Wildman–Crippen LogP) is 4.69. The van der Waals surface area contributed by atoms with Crippen LogP contribution in [0.2, 0.25) is 0 Å². The smallest absolute Gasteiger partial charge is 0.419 e. The second-order valence-electron chi connectivity index (χ2n) is 8.67. The number of halogens is 5. The van der Waals surface area contributed by atoms with Crippen LogP contribution < -0.4 is 10.1 Å². The molecule has 1 aliphatic rings. The molecule has 1 fully saturated rings. The highest BCUT2D eigenvalue weighted by molar-refractivity contribution is 5.88. The molecule has 35 heavy (non-hydrogen) atoms. The topological polar surface area (TPSA) is 74.6 Å². The van der Waals surface area contributed by atoms with Crippen LogP contribution in [0.3, 0.4) is 0 Å². The predicted molar refractivity (Wildman–Crippen MR) is 119 cm³/mol. The molecule has 2 aromatic carbocycles. The molecular formula is C25H25F5N2O3. The zero-order chi connectivity index (χ0) is 25.2. The first-order valence-electron chi connectivity index (χ1n) is 11.2. The van der Waals surface area contributed by atoms with E-state index in [0.29, 0.717) is 47.2 Å². The van der Waals surface area contributed by atoms with Crippen LogP contribution in [0, 0.1) is 11.6 Å². The molecule has 188 valence electrons. The maximum absolute atomic E-state index is 15.1. The lowest BCUT2D eigenvalue weighted by Gasteiger charge is -2.36. The normalized spacial score (nSPS) is 18.9. The number of alkyl halides is 3. The van der Waals surface area contributed by atoms with Crippen LogP contribution >= 0.6 is 0 Å². The third-order valence-corrected chi connectivity index (χ3v) is 6.37. The van der Waals surface area contributed by atoms with E-state index in [1.54, 1.807) is 18.5 Å². The van der Waals surface area contributed by atoms with Crippen molar-refractivity contribution in [1.29, 1.82) is 0 Å². The number of hydrogen-bond acceptors (Lipinski definition) is 5. The second-order valence-corrected chi connectivity index (χ2v) is 8.67. The van der Waals surface area contributed by atoms with Crippen LogP contribution in [-0.4, -0.2) is 40.6 Å². The molecule has 0 saturated heterocycles. The van der Waals surface area contributed by atoms with E-state index in [-0.39, 0.29) is 37.7 Å². The molecule has 3 aromatic rings. The molecule has 0 amide bonds. The standard InChI is InChI=1S/C25H25F5N2O3/c26-23-2-1-16(9-22(23)25(28,29)30)35-17-7-15(8-17)32-12-21-18-3-5-31-11-20(18)19(10-24(21)27)14(13-34)4-6-33/h1-3,5,9-11,14-15,17,32-34H,4,6-8,12-13H2/t14?,15-,17-. The van der Waals surface area contributed by atoms with Gasteiger partial charge in [0.05, 0.1) is 12.2 Å². The zero-order valence-corrected chi connectivity index (χ0v) is 18.7. The van der Waals surface area contributed by atoms with Gasteiger partial charge in [0.15, 0.2) is 0 Å². The van der Waals surface area contributed by atoms with Crippen LogP contribution in [0.25, 0.3) is 10.8 Å². The van der Waals surface area contributed by atoms with E-state index in [9.17, 15) is 27.8 Å². The summed E-state index contributed by atoms with van der Waals surface area (Å²) >= 11 is 0. The summed E-state index contributed by atoms with van der Waals surface area (Å²) in [6, 6.07) is 5.60. The van der Waals surface area contributed by atoms with Crippen molar-refractivity contribution in [2.75, 3.05) is 13.2 Å². The molecule has 3 N–H and O–H groups in total. The van der Waals surface area contributed by atoms with Crippen molar-refractivity contribution in [3.8, 4) is 5.75 Å². The summed E-state index contributed by atoms with van der Waals surface area (Å²) in [5.41, 5.74) is -0.350. The molecule has 0 aliphatic heterocycles. The Bertz CT molecular complexity index is 1180. The van der Waals surface area contributed by atoms with Gasteiger partial charge in [-0.1, -0.05) is 0 Å². The van der Waals surface area contributed by atoms with Crippen molar-refractivity contribution in [2.45, 2.75) is 50.0 Å². The fourth-order valence-electron chi connectivity index (χ4n) is 4.40. The first-order chi connectivity index (χ1) is 16.7. The molecule has 1 unspecified atom stereocenters. The minimum Gasteiger partial charge on any atom is -0.490 e. The van der Waals surface area contributed by atoms with Gasteiger partial charge in [-0.2, -0.15) is 13.2 Å². The Morgan fingerprint density at radius 1 is 1.06 bits per heavy atom. The summed E-state index contributed by atoms with van der Waals surface area (Å²) in [5.74, 6) is -2.27. The number of fused-ring (bicyclic) bond motifs is 1. The summed E-state index contributed by atoms with van der Waals surface area (Å²) in [4.78, 5) is 4.12. The largest absolute Gasteiger partial charge is 0.490 e. The van der Waals surface area contributed by atoms with Gasteiger partial charge >= 0.3 is 6.18 Å². The molecule has 0 radical (unpaired) electrons. The van der Waals surface area contributed by atoms with Gasteiger partial charge < -0.3 is 20.3 Å². The molecule has 1 saturated carbocycles. The first kappa shape index (κ1) is 25.3. The molecule has 5 nitrogen and oxygen atoms in total. The Balaban J connectivity index is 1.41. The summed E-state index contributed by atoms with van der Waals surface area (Å²) in [6.07, 6.45) is -0.683. The maximum Gasteiger partial charge on any atom is 0.419 e. The number of nitrogens with zero attached hydrogens (tertiary/aromatic N) is 1. The van der Waals surface area contributed by atoms with E-state index in [1.165, 1.54) is 12.1 Å². The molecule has 10 heteroatoms. The zero-order valence-electron chi connectivity index (χ0n) is 18.7. The minimum atomic E-state index is -4.81. The van der Waals surface area contributed by atoms with Crippen molar-refractivity contribution < 1.29 is 36.9 Å². The van der Waals surface area contributed by atoms with Gasteiger partial charge in [0.1, 0.15) is 23.5 Å². The van der Waals surface area contributed by atoms with Crippen LogP contribution in [0.5, 0.6) is 5.75 Å². The average Bonchev–Trinajstić information content (AvgIpc) is 2.80. The molecule has 1 heterocycles. The Labute approximate surface area is 198 Å². The number of nitrogens with one attached hydrogen (secondary N) is 1. The second kappa shape index (κ2) is 10.4. The Morgan fingerprint density at radius 3 is 2.51 bits per heavy atom. The molecule has 0 bridgehead atoms. The number of aliphatic hydroxyl groups is 2. The molecule has 1 aromatic heterocycles. The van der Waals surface area contributed by atoms with Crippen LogP contribution in [0.1, 0.15) is 41.9 Å². The van der Waals surface area contributed by atoms with Gasteiger partial charge in [-0.25, -0.2) is 8.78 Å². The summed E-state index contributed by atoms with van der Waals surface area (Å²) in [6.45, 7) is -0.162. The Kier molecular flexibility index (Phi) is 7.53. The number of hydrogen-bond donors (Lipinski definition) is 3. The average molecular weight is 496 g/mol. The number of benzene rings is 2. The van der Waals surface area contributed by atoms with E-state index in [2.05, 4.69) is 10.3 Å². The lowest BCUT2D eigenvalue weighted by molar-refractivity contribution is -0.140. The number of ether oxygens (including phenoxy) is 1. The number of pyridine rings is 1. The quantitative estimate of drug-likeness (QED) is 0.375. The van der Waals surface area contributed by atoms with Gasteiger partial charge in [0.2, 0.25) is 0 Å². The van der Waals surface area contributed by atoms with Crippen molar-refractivity contribution in [3.05, 3.63) is 71.1 Å². The molecular weight excluding hydrogens is 471 g/mol. The van der Waals surface area contributed by atoms with Crippen LogP contribution in [0.4, 0.5) is 22.0 Å². The number of aliphatic hydroxyl groups excluding tert-OH is 2. The molecule has 1 atom stereocenters. The summed E-state index contributed by atoms with van der Waals surface area (Å²) in [7, 11) is 0. The van der Waals surface area contributed by atoms with Gasteiger partial charge in [-0.3, -0.25) is 4.98 Å².